The Bertz CT molecular complexity index is 1640. The number of halogens is 1. The standard InChI is InChI=1S/C34H47FN6O6/c1-3-39-26-29(41(32(39)43)22-8-7-13-45-20-22)37-30(40(31(26)44-2)24-17-23-16-21(35)18-38(23)19-24)27(42)25-9-6-11-33(28(25)36)10-4-5-12-34(33)46-14-15-47-34/h21-24H,3-20H2,1-2H3,(H-,36,42)/p+1/t21-,22-,23?,24?,33+/m1/s1. The number of nitrogens with zero attached hydrogens (tertiary/aromatic N) is 5. The fourth-order valence-corrected chi connectivity index (χ4v) is 9.96. The monoisotopic (exact) mass is 655 g/mol. The minimum absolute atomic E-state index is 0.0733. The van der Waals surface area contributed by atoms with E-state index in [0.717, 1.165) is 51.4 Å². The van der Waals surface area contributed by atoms with Crippen molar-refractivity contribution < 1.29 is 32.7 Å². The predicted octanol–water partition coefficient (Wildman–Crippen LogP) is 3.11. The molecule has 0 radical (unpaired) electrons. The van der Waals surface area contributed by atoms with Crippen molar-refractivity contribution >= 4 is 16.9 Å². The largest absolute Gasteiger partial charge is 0.464 e. The summed E-state index contributed by atoms with van der Waals surface area (Å²) in [5.41, 5.74) is 8.48. The average Bonchev–Trinajstić information content (AvgIpc) is 3.85. The van der Waals surface area contributed by atoms with Gasteiger partial charge < -0.3 is 24.7 Å². The highest BCUT2D eigenvalue weighted by atomic mass is 19.1. The van der Waals surface area contributed by atoms with Crippen LogP contribution >= 0.6 is 0 Å². The van der Waals surface area contributed by atoms with Gasteiger partial charge in [-0.25, -0.2) is 13.8 Å². The Labute approximate surface area is 274 Å². The second-order valence-corrected chi connectivity index (χ2v) is 14.4. The number of methoxy groups -OCH3 is 1. The number of alkyl halides is 1. The molecule has 4 aliphatic heterocycles. The molecule has 13 heteroatoms. The van der Waals surface area contributed by atoms with Crippen molar-refractivity contribution in [3.05, 3.63) is 27.6 Å². The first-order valence-corrected chi connectivity index (χ1v) is 17.7. The number of imidazole rings is 1. The fourth-order valence-electron chi connectivity index (χ4n) is 9.96. The topological polar surface area (TPSA) is 127 Å². The number of ketones is 1. The first-order valence-electron chi connectivity index (χ1n) is 17.7. The van der Waals surface area contributed by atoms with E-state index in [9.17, 15) is 9.18 Å². The van der Waals surface area contributed by atoms with Crippen LogP contribution in [-0.2, 0) is 20.8 Å². The van der Waals surface area contributed by atoms with Gasteiger partial charge in [0, 0.05) is 56.4 Å². The molecule has 2 aromatic heterocycles. The Morgan fingerprint density at radius 2 is 1.87 bits per heavy atom. The van der Waals surface area contributed by atoms with Gasteiger partial charge in [0.05, 0.1) is 38.4 Å². The number of nitrogens with two attached hydrogens (primary N) is 1. The van der Waals surface area contributed by atoms with Gasteiger partial charge in [0.15, 0.2) is 5.79 Å². The van der Waals surface area contributed by atoms with Crippen LogP contribution in [0.2, 0.25) is 0 Å². The first kappa shape index (κ1) is 31.4. The van der Waals surface area contributed by atoms with Crippen molar-refractivity contribution in [2.24, 2.45) is 11.1 Å². The number of aromatic nitrogens is 4. The van der Waals surface area contributed by atoms with E-state index in [-0.39, 0.29) is 35.4 Å². The van der Waals surface area contributed by atoms with E-state index >= 15 is 4.79 Å². The number of Topliss-reactive ketones (excluding diaryl/α,β-unsaturated/α-hetero) is 1. The Balaban J connectivity index is 1.33. The number of aryl methyl sites for hydroxylation is 1. The Hall–Kier alpha value is -2.87. The molecule has 2 spiro atoms. The number of hydrogen-bond donors (Lipinski definition) is 1. The molecular formula is C34H48FN6O6+. The van der Waals surface area contributed by atoms with Crippen molar-refractivity contribution in [1.82, 2.24) is 19.0 Å². The first-order chi connectivity index (χ1) is 22.8. The van der Waals surface area contributed by atoms with Gasteiger partial charge in [-0.3, -0.25) is 14.3 Å². The second kappa shape index (κ2) is 11.9. The fraction of sp³-hybridized carbons (Fsp3) is 0.765. The van der Waals surface area contributed by atoms with Crippen LogP contribution < -0.4 is 20.7 Å². The summed E-state index contributed by atoms with van der Waals surface area (Å²) in [4.78, 5) is 36.5. The van der Waals surface area contributed by atoms with E-state index in [1.54, 1.807) is 16.2 Å². The van der Waals surface area contributed by atoms with Crippen LogP contribution in [0.15, 0.2) is 16.1 Å². The molecule has 0 amide bonds. The highest BCUT2D eigenvalue weighted by molar-refractivity contribution is 6.06. The van der Waals surface area contributed by atoms with Gasteiger partial charge >= 0.3 is 17.4 Å². The number of carbonyl (C=O) groups excluding carboxylic acids is 1. The van der Waals surface area contributed by atoms with E-state index in [4.69, 9.17) is 29.7 Å². The number of hydrogen-bond acceptors (Lipinski definition) is 9. The Morgan fingerprint density at radius 3 is 2.60 bits per heavy atom. The van der Waals surface area contributed by atoms with Crippen LogP contribution in [-0.4, -0.2) is 89.4 Å². The van der Waals surface area contributed by atoms with Crippen LogP contribution in [0.25, 0.3) is 11.2 Å². The van der Waals surface area contributed by atoms with Crippen LogP contribution in [0, 0.1) is 5.41 Å². The maximum atomic E-state index is 15.1. The molecule has 5 atom stereocenters. The highest BCUT2D eigenvalue weighted by Crippen LogP contribution is 2.58. The molecule has 2 N–H and O–H groups in total. The minimum atomic E-state index is -0.849. The number of allylic oxidation sites excluding steroid dienone is 1. The van der Waals surface area contributed by atoms with Gasteiger partial charge in [-0.05, 0) is 63.3 Å². The summed E-state index contributed by atoms with van der Waals surface area (Å²) >= 11 is 0. The van der Waals surface area contributed by atoms with Crippen LogP contribution in [0.1, 0.15) is 100 Å². The van der Waals surface area contributed by atoms with E-state index < -0.39 is 17.4 Å². The molecule has 12 nitrogen and oxygen atoms in total. The van der Waals surface area contributed by atoms with Crippen LogP contribution in [0.3, 0.4) is 0 Å². The molecule has 5 fully saturated rings. The molecule has 6 aliphatic rings. The second-order valence-electron chi connectivity index (χ2n) is 14.4. The summed E-state index contributed by atoms with van der Waals surface area (Å²) in [6, 6.07) is -0.326. The maximum Gasteiger partial charge on any atom is 0.376 e. The van der Waals surface area contributed by atoms with Crippen molar-refractivity contribution in [3.63, 3.8) is 0 Å². The SMILES string of the molecule is CCn1c(=O)n([C@@H]2CCCOC2)c2nc(C(=O)C3=C(N)[C@]4(CCCCC45OCCO5)CCC3)[n+](C3CC4C[C@@H](F)CN4C3)c(OC)c21. The molecule has 2 aliphatic carbocycles. The lowest BCUT2D eigenvalue weighted by atomic mass is 9.61. The number of ether oxygens (including phenoxy) is 4. The van der Waals surface area contributed by atoms with Crippen LogP contribution in [0.5, 0.6) is 5.88 Å². The summed E-state index contributed by atoms with van der Waals surface area (Å²) in [6.45, 7) is 5.37. The average molecular weight is 656 g/mol. The quantitative estimate of drug-likeness (QED) is 0.369. The molecule has 2 aromatic rings. The van der Waals surface area contributed by atoms with Gasteiger partial charge in [0.25, 0.3) is 11.4 Å². The lowest BCUT2D eigenvalue weighted by Gasteiger charge is -2.52. The maximum absolute atomic E-state index is 15.1. The Kier molecular flexibility index (Phi) is 7.97. The molecule has 4 saturated heterocycles. The molecular weight excluding hydrogens is 607 g/mol. The molecule has 1 saturated carbocycles. The van der Waals surface area contributed by atoms with E-state index in [1.165, 1.54) is 0 Å². The highest BCUT2D eigenvalue weighted by Gasteiger charge is 2.60. The van der Waals surface area contributed by atoms with Crippen molar-refractivity contribution in [3.8, 4) is 5.88 Å². The van der Waals surface area contributed by atoms with Crippen LogP contribution in [0.4, 0.5) is 4.39 Å². The summed E-state index contributed by atoms with van der Waals surface area (Å²) in [5.74, 6) is -0.425. The zero-order valence-electron chi connectivity index (χ0n) is 27.7. The van der Waals surface area contributed by atoms with Gasteiger partial charge in [-0.15, -0.1) is 0 Å². The predicted molar refractivity (Wildman–Crippen MR) is 169 cm³/mol. The summed E-state index contributed by atoms with van der Waals surface area (Å²) in [7, 11) is 1.59. The zero-order chi connectivity index (χ0) is 32.5. The lowest BCUT2D eigenvalue weighted by molar-refractivity contribution is -0.726. The third-order valence-corrected chi connectivity index (χ3v) is 12.0. The molecule has 47 heavy (non-hydrogen) atoms. The number of fused-ring (bicyclic) bond motifs is 3. The van der Waals surface area contributed by atoms with Gasteiger partial charge in [0.1, 0.15) is 12.2 Å². The Morgan fingerprint density at radius 1 is 1.09 bits per heavy atom. The number of rotatable bonds is 6. The van der Waals surface area contributed by atoms with E-state index in [2.05, 4.69) is 4.90 Å². The molecule has 6 heterocycles. The van der Waals surface area contributed by atoms with E-state index in [1.807, 2.05) is 11.5 Å². The zero-order valence-corrected chi connectivity index (χ0v) is 27.7. The third kappa shape index (κ3) is 4.66. The lowest BCUT2D eigenvalue weighted by Crippen LogP contribution is -2.56. The normalized spacial score (nSPS) is 32.6. The molecule has 256 valence electrons. The van der Waals surface area contributed by atoms with Gasteiger partial charge in [-0.1, -0.05) is 6.42 Å². The molecule has 0 bridgehead atoms. The summed E-state index contributed by atoms with van der Waals surface area (Å²) in [6.07, 6.45) is 7.52. The third-order valence-electron chi connectivity index (χ3n) is 12.0. The van der Waals surface area contributed by atoms with Crippen molar-refractivity contribution in [1.29, 1.82) is 0 Å². The molecule has 8 rings (SSSR count). The van der Waals surface area contributed by atoms with Gasteiger partial charge in [0.2, 0.25) is 5.52 Å². The van der Waals surface area contributed by atoms with E-state index in [0.29, 0.717) is 93.6 Å². The molecule has 2 unspecified atom stereocenters. The van der Waals surface area contributed by atoms with Crippen molar-refractivity contribution in [2.45, 2.75) is 114 Å². The number of carbonyl (C=O) groups is 1. The summed E-state index contributed by atoms with van der Waals surface area (Å²) in [5, 5.41) is 0. The molecule has 0 aromatic carbocycles. The van der Waals surface area contributed by atoms with Crippen molar-refractivity contribution in [2.75, 3.05) is 46.6 Å². The smallest absolute Gasteiger partial charge is 0.376 e. The van der Waals surface area contributed by atoms with Gasteiger partial charge in [-0.2, -0.15) is 4.57 Å². The minimum Gasteiger partial charge on any atom is -0.464 e. The summed E-state index contributed by atoms with van der Waals surface area (Å²) < 4.78 is 44.4.